The van der Waals surface area contributed by atoms with Crippen LogP contribution in [-0.2, 0) is 6.54 Å². The molecule has 0 amide bonds. The normalized spacial score (nSPS) is 23.6. The molecule has 0 radical (unpaired) electrons. The number of carboxylic acid groups (broad SMARTS) is 1. The summed E-state index contributed by atoms with van der Waals surface area (Å²) in [5, 5.41) is 18.8. The average molecular weight is 282 g/mol. The molecule has 112 valence electrons. The van der Waals surface area contributed by atoms with Gasteiger partial charge in [-0.25, -0.2) is 4.79 Å². The van der Waals surface area contributed by atoms with Gasteiger partial charge in [-0.1, -0.05) is 0 Å². The number of aromatic carboxylic acids is 1. The number of hydrogen-bond acceptors (Lipinski definition) is 5. The molecular weight excluding hydrogens is 260 g/mol. The molecule has 0 spiro atoms. The third-order valence-electron chi connectivity index (χ3n) is 3.69. The minimum absolute atomic E-state index is 0.0265. The van der Waals surface area contributed by atoms with Gasteiger partial charge in [-0.05, 0) is 33.5 Å². The van der Waals surface area contributed by atoms with E-state index < -0.39 is 5.97 Å². The first-order valence-electron chi connectivity index (χ1n) is 6.76. The van der Waals surface area contributed by atoms with E-state index >= 15 is 0 Å². The molecule has 2 N–H and O–H groups in total. The van der Waals surface area contributed by atoms with Crippen molar-refractivity contribution >= 4 is 5.97 Å². The van der Waals surface area contributed by atoms with Crippen LogP contribution in [0.1, 0.15) is 28.3 Å². The second-order valence-electron chi connectivity index (χ2n) is 5.73. The molecule has 2 rings (SSSR count). The fraction of sp³-hybridized carbons (Fsp3) is 0.643. The number of furan rings is 1. The van der Waals surface area contributed by atoms with Gasteiger partial charge in [0.25, 0.3) is 0 Å². The van der Waals surface area contributed by atoms with Crippen LogP contribution in [0.2, 0.25) is 0 Å². The van der Waals surface area contributed by atoms with Crippen molar-refractivity contribution in [3.63, 3.8) is 0 Å². The zero-order chi connectivity index (χ0) is 14.9. The maximum absolute atomic E-state index is 10.9. The molecule has 1 aliphatic rings. The van der Waals surface area contributed by atoms with Crippen LogP contribution in [0.4, 0.5) is 0 Å². The van der Waals surface area contributed by atoms with Crippen molar-refractivity contribution in [2.75, 3.05) is 27.2 Å². The highest BCUT2D eigenvalue weighted by Gasteiger charge is 2.31. The molecule has 2 heterocycles. The average Bonchev–Trinajstić information content (AvgIpc) is 2.84. The van der Waals surface area contributed by atoms with Crippen molar-refractivity contribution in [2.24, 2.45) is 0 Å². The van der Waals surface area contributed by atoms with Crippen molar-refractivity contribution in [3.05, 3.63) is 23.2 Å². The molecule has 1 aromatic heterocycles. The Kier molecular flexibility index (Phi) is 4.47. The number of likely N-dealkylation sites (tertiary alicyclic amines) is 1. The Hall–Kier alpha value is -1.37. The Morgan fingerprint density at radius 1 is 1.55 bits per heavy atom. The zero-order valence-corrected chi connectivity index (χ0v) is 12.2. The summed E-state index contributed by atoms with van der Waals surface area (Å²) in [6, 6.07) is 1.86. The fourth-order valence-corrected chi connectivity index (χ4v) is 2.76. The Labute approximate surface area is 118 Å². The highest BCUT2D eigenvalue weighted by molar-refractivity contribution is 5.84. The number of carboxylic acids is 1. The molecule has 2 unspecified atom stereocenters. The summed E-state index contributed by atoms with van der Waals surface area (Å²) >= 11 is 0. The minimum atomic E-state index is -1.05. The summed E-state index contributed by atoms with van der Waals surface area (Å²) < 4.78 is 5.23. The number of aliphatic hydroxyl groups is 1. The van der Waals surface area contributed by atoms with Crippen LogP contribution in [0, 0.1) is 6.92 Å². The van der Waals surface area contributed by atoms with Gasteiger partial charge < -0.3 is 19.5 Å². The lowest BCUT2D eigenvalue weighted by molar-refractivity contribution is 0.0661. The molecule has 1 fully saturated rings. The van der Waals surface area contributed by atoms with Gasteiger partial charge in [0.1, 0.15) is 5.76 Å². The first kappa shape index (κ1) is 15.0. The summed E-state index contributed by atoms with van der Waals surface area (Å²) in [4.78, 5) is 15.2. The van der Waals surface area contributed by atoms with E-state index in [0.717, 1.165) is 18.5 Å². The lowest BCUT2D eigenvalue weighted by Gasteiger charge is -2.26. The van der Waals surface area contributed by atoms with Crippen molar-refractivity contribution in [2.45, 2.75) is 32.0 Å². The Morgan fingerprint density at radius 2 is 2.25 bits per heavy atom. The Balaban J connectivity index is 2.09. The number of nitrogens with zero attached hydrogens (tertiary/aromatic N) is 2. The van der Waals surface area contributed by atoms with Crippen molar-refractivity contribution in [1.29, 1.82) is 0 Å². The second kappa shape index (κ2) is 5.95. The largest absolute Gasteiger partial charge is 0.475 e. The predicted octanol–water partition coefficient (Wildman–Crippen LogP) is 0.783. The van der Waals surface area contributed by atoms with E-state index in [1.165, 1.54) is 0 Å². The van der Waals surface area contributed by atoms with Gasteiger partial charge in [0.05, 0.1) is 6.10 Å². The Morgan fingerprint density at radius 3 is 2.80 bits per heavy atom. The molecule has 1 saturated heterocycles. The molecule has 6 heteroatoms. The number of rotatable bonds is 5. The molecule has 0 aromatic carbocycles. The number of likely N-dealkylation sites (N-methyl/N-ethyl adjacent to an activating group) is 1. The number of β-amino-alcohol motifs (C(OH)–C–C–N with tert-alkyl or cyclic N) is 1. The van der Waals surface area contributed by atoms with Crippen LogP contribution < -0.4 is 0 Å². The van der Waals surface area contributed by atoms with Gasteiger partial charge in [-0.15, -0.1) is 0 Å². The molecule has 0 aliphatic carbocycles. The lowest BCUT2D eigenvalue weighted by Crippen LogP contribution is -2.37. The summed E-state index contributed by atoms with van der Waals surface area (Å²) in [7, 11) is 4.02. The van der Waals surface area contributed by atoms with E-state index in [1.54, 1.807) is 13.0 Å². The SMILES string of the molecule is Cc1oc(C(=O)O)cc1CN1CC(O)CC1CN(C)C. The van der Waals surface area contributed by atoms with Gasteiger partial charge in [-0.3, -0.25) is 4.90 Å². The van der Waals surface area contributed by atoms with Crippen molar-refractivity contribution < 1.29 is 19.4 Å². The smallest absolute Gasteiger partial charge is 0.371 e. The third kappa shape index (κ3) is 3.39. The minimum Gasteiger partial charge on any atom is -0.475 e. The maximum Gasteiger partial charge on any atom is 0.371 e. The molecule has 0 bridgehead atoms. The number of hydrogen-bond donors (Lipinski definition) is 2. The molecule has 2 atom stereocenters. The maximum atomic E-state index is 10.9. The predicted molar refractivity (Wildman–Crippen MR) is 73.8 cm³/mol. The second-order valence-corrected chi connectivity index (χ2v) is 5.73. The third-order valence-corrected chi connectivity index (χ3v) is 3.69. The van der Waals surface area contributed by atoms with Gasteiger partial charge in [0, 0.05) is 31.2 Å². The van der Waals surface area contributed by atoms with Crippen LogP contribution in [-0.4, -0.2) is 65.3 Å². The van der Waals surface area contributed by atoms with Gasteiger partial charge in [0.15, 0.2) is 0 Å². The summed E-state index contributed by atoms with van der Waals surface area (Å²) in [5.74, 6) is -0.445. The van der Waals surface area contributed by atoms with E-state index in [4.69, 9.17) is 9.52 Å². The van der Waals surface area contributed by atoms with Crippen LogP contribution in [0.5, 0.6) is 0 Å². The van der Waals surface area contributed by atoms with Crippen molar-refractivity contribution in [3.8, 4) is 0 Å². The summed E-state index contributed by atoms with van der Waals surface area (Å²) in [5.41, 5.74) is 0.875. The molecule has 6 nitrogen and oxygen atoms in total. The Bertz CT molecular complexity index is 484. The molecule has 0 saturated carbocycles. The number of aryl methyl sites for hydroxylation is 1. The van der Waals surface area contributed by atoms with Gasteiger partial charge in [-0.2, -0.15) is 0 Å². The zero-order valence-electron chi connectivity index (χ0n) is 12.2. The quantitative estimate of drug-likeness (QED) is 0.831. The number of carbonyl (C=O) groups is 1. The van der Waals surface area contributed by atoms with Crippen LogP contribution in [0.15, 0.2) is 10.5 Å². The summed E-state index contributed by atoms with van der Waals surface area (Å²) in [6.45, 7) is 3.87. The van der Waals surface area contributed by atoms with Crippen LogP contribution >= 0.6 is 0 Å². The topological polar surface area (TPSA) is 77.1 Å². The highest BCUT2D eigenvalue weighted by Crippen LogP contribution is 2.24. The standard InChI is InChI=1S/C14H22N2O4/c1-9-10(4-13(20-9)14(18)19)6-16-8-12(17)5-11(16)7-15(2)3/h4,11-12,17H,5-8H2,1-3H3,(H,18,19). The van der Waals surface area contributed by atoms with E-state index in [1.807, 2.05) is 14.1 Å². The van der Waals surface area contributed by atoms with Crippen molar-refractivity contribution in [1.82, 2.24) is 9.80 Å². The summed E-state index contributed by atoms with van der Waals surface area (Å²) in [6.07, 6.45) is 0.437. The first-order chi connectivity index (χ1) is 9.36. The molecule has 1 aliphatic heterocycles. The van der Waals surface area contributed by atoms with Crippen LogP contribution in [0.3, 0.4) is 0 Å². The molecule has 1 aromatic rings. The fourth-order valence-electron chi connectivity index (χ4n) is 2.76. The van der Waals surface area contributed by atoms with Crippen LogP contribution in [0.25, 0.3) is 0 Å². The first-order valence-corrected chi connectivity index (χ1v) is 6.76. The van der Waals surface area contributed by atoms with E-state index in [9.17, 15) is 9.90 Å². The lowest BCUT2D eigenvalue weighted by atomic mass is 10.1. The van der Waals surface area contributed by atoms with Gasteiger partial charge in [0.2, 0.25) is 5.76 Å². The van der Waals surface area contributed by atoms with E-state index in [0.29, 0.717) is 18.8 Å². The van der Waals surface area contributed by atoms with E-state index in [-0.39, 0.29) is 17.9 Å². The van der Waals surface area contributed by atoms with E-state index in [2.05, 4.69) is 9.80 Å². The van der Waals surface area contributed by atoms with Gasteiger partial charge >= 0.3 is 5.97 Å². The molecular formula is C14H22N2O4. The monoisotopic (exact) mass is 282 g/mol. The molecule has 20 heavy (non-hydrogen) atoms. The highest BCUT2D eigenvalue weighted by atomic mass is 16.4. The number of aliphatic hydroxyl groups excluding tert-OH is 1.